The first kappa shape index (κ1) is 17.4. The summed E-state index contributed by atoms with van der Waals surface area (Å²) in [7, 11) is -2.30. The number of nitrogens with one attached hydrogen (secondary N) is 1. The molecule has 1 N–H and O–H groups in total. The molecule has 1 saturated heterocycles. The van der Waals surface area contributed by atoms with E-state index in [2.05, 4.69) is 4.72 Å². The second-order valence-electron chi connectivity index (χ2n) is 5.52. The van der Waals surface area contributed by atoms with E-state index in [4.69, 9.17) is 11.6 Å². The van der Waals surface area contributed by atoms with Gasteiger partial charge in [0.15, 0.2) is 0 Å². The summed E-state index contributed by atoms with van der Waals surface area (Å²) >= 11 is 7.79. The highest BCUT2D eigenvalue weighted by molar-refractivity contribution is 7.89. The minimum Gasteiger partial charge on any atom is -0.331 e. The third-order valence-corrected chi connectivity index (χ3v) is 6.85. The predicted octanol–water partition coefficient (Wildman–Crippen LogP) is 3.29. The molecule has 0 radical (unpaired) electrons. The van der Waals surface area contributed by atoms with E-state index in [-0.39, 0.29) is 27.4 Å². The van der Waals surface area contributed by atoms with E-state index in [9.17, 15) is 13.2 Å². The Labute approximate surface area is 150 Å². The first-order valence-corrected chi connectivity index (χ1v) is 10.3. The van der Waals surface area contributed by atoms with E-state index >= 15 is 0 Å². The van der Waals surface area contributed by atoms with Gasteiger partial charge in [0.05, 0.1) is 21.5 Å². The topological polar surface area (TPSA) is 66.5 Å². The first-order chi connectivity index (χ1) is 11.4. The molecule has 2 heterocycles. The third-order valence-electron chi connectivity index (χ3n) is 4.13. The fourth-order valence-corrected chi connectivity index (χ4v) is 4.72. The molecule has 1 amide bonds. The van der Waals surface area contributed by atoms with E-state index in [1.807, 2.05) is 17.5 Å². The highest BCUT2D eigenvalue weighted by Gasteiger charge is 2.32. The summed E-state index contributed by atoms with van der Waals surface area (Å²) in [6, 6.07) is 8.21. The van der Waals surface area contributed by atoms with Gasteiger partial charge in [-0.2, -0.15) is 0 Å². The summed E-state index contributed by atoms with van der Waals surface area (Å²) < 4.78 is 26.2. The lowest BCUT2D eigenvalue weighted by Crippen LogP contribution is -2.30. The smallest absolute Gasteiger partial charge is 0.255 e. The quantitative estimate of drug-likeness (QED) is 0.879. The Kier molecular flexibility index (Phi) is 4.96. The van der Waals surface area contributed by atoms with Crippen LogP contribution < -0.4 is 4.72 Å². The van der Waals surface area contributed by atoms with Gasteiger partial charge in [0.25, 0.3) is 5.91 Å². The Balaban J connectivity index is 1.96. The Hall–Kier alpha value is -1.41. The average Bonchev–Trinajstić information content (AvgIpc) is 3.25. The molecule has 1 fully saturated rings. The number of carbonyl (C=O) groups excluding carboxylic acids is 1. The van der Waals surface area contributed by atoms with Crippen LogP contribution in [-0.4, -0.2) is 32.8 Å². The Morgan fingerprint density at radius 2 is 2.17 bits per heavy atom. The van der Waals surface area contributed by atoms with Crippen molar-refractivity contribution in [2.45, 2.75) is 23.8 Å². The molecule has 24 heavy (non-hydrogen) atoms. The van der Waals surface area contributed by atoms with E-state index in [0.717, 1.165) is 17.7 Å². The van der Waals surface area contributed by atoms with Crippen LogP contribution in [0.3, 0.4) is 0 Å². The molecule has 3 rings (SSSR count). The summed E-state index contributed by atoms with van der Waals surface area (Å²) in [5, 5.41) is 2.25. The lowest BCUT2D eigenvalue weighted by atomic mass is 10.1. The Bertz CT molecular complexity index is 850. The molecule has 1 unspecified atom stereocenters. The molecule has 8 heteroatoms. The maximum Gasteiger partial charge on any atom is 0.255 e. The largest absolute Gasteiger partial charge is 0.331 e. The van der Waals surface area contributed by atoms with Crippen molar-refractivity contribution in [1.29, 1.82) is 0 Å². The minimum atomic E-state index is -3.63. The number of benzene rings is 1. The normalized spacial score (nSPS) is 18.1. The molecule has 128 valence electrons. The van der Waals surface area contributed by atoms with E-state index < -0.39 is 10.0 Å². The van der Waals surface area contributed by atoms with Gasteiger partial charge in [0.2, 0.25) is 10.0 Å². The molecule has 0 bridgehead atoms. The van der Waals surface area contributed by atoms with Crippen LogP contribution in [0.15, 0.2) is 40.6 Å². The van der Waals surface area contributed by atoms with E-state index in [1.54, 1.807) is 16.2 Å². The van der Waals surface area contributed by atoms with Crippen LogP contribution in [0.25, 0.3) is 0 Å². The molecule has 5 nitrogen and oxygen atoms in total. The summed E-state index contributed by atoms with van der Waals surface area (Å²) in [6.45, 7) is 0.640. The van der Waals surface area contributed by atoms with Crippen molar-refractivity contribution < 1.29 is 13.2 Å². The van der Waals surface area contributed by atoms with Crippen molar-refractivity contribution in [1.82, 2.24) is 9.62 Å². The van der Waals surface area contributed by atoms with Gasteiger partial charge in [-0.15, -0.1) is 11.3 Å². The number of thiophene rings is 1. The molecule has 0 saturated carbocycles. The SMILES string of the molecule is CNS(=O)(=O)c1ccc(Cl)c(C(=O)N2CCCC2c2cccs2)c1. The Morgan fingerprint density at radius 3 is 2.83 bits per heavy atom. The third kappa shape index (κ3) is 3.21. The second kappa shape index (κ2) is 6.84. The summed E-state index contributed by atoms with van der Waals surface area (Å²) in [5.74, 6) is -0.232. The zero-order valence-electron chi connectivity index (χ0n) is 13.0. The minimum absolute atomic E-state index is 0.0260. The van der Waals surface area contributed by atoms with Crippen LogP contribution in [0.5, 0.6) is 0 Å². The van der Waals surface area contributed by atoms with Gasteiger partial charge in [0, 0.05) is 11.4 Å². The number of nitrogens with zero attached hydrogens (tertiary/aromatic N) is 1. The van der Waals surface area contributed by atoms with Gasteiger partial charge < -0.3 is 4.90 Å². The number of hydrogen-bond acceptors (Lipinski definition) is 4. The van der Waals surface area contributed by atoms with Gasteiger partial charge in [-0.05, 0) is 49.5 Å². The maximum atomic E-state index is 13.0. The van der Waals surface area contributed by atoms with Crippen molar-refractivity contribution >= 4 is 38.9 Å². The molecule has 0 spiro atoms. The van der Waals surface area contributed by atoms with Crippen molar-refractivity contribution in [2.24, 2.45) is 0 Å². The first-order valence-electron chi connectivity index (χ1n) is 7.51. The number of halogens is 1. The molecule has 0 aliphatic carbocycles. The van der Waals surface area contributed by atoms with Crippen molar-refractivity contribution in [3.63, 3.8) is 0 Å². The number of carbonyl (C=O) groups is 1. The molecule has 1 aliphatic heterocycles. The second-order valence-corrected chi connectivity index (χ2v) is 8.79. The number of hydrogen-bond donors (Lipinski definition) is 1. The average molecular weight is 385 g/mol. The fourth-order valence-electron chi connectivity index (χ4n) is 2.89. The lowest BCUT2D eigenvalue weighted by Gasteiger charge is -2.24. The van der Waals surface area contributed by atoms with Gasteiger partial charge in [-0.1, -0.05) is 17.7 Å². The van der Waals surface area contributed by atoms with Crippen LogP contribution >= 0.6 is 22.9 Å². The van der Waals surface area contributed by atoms with E-state index in [1.165, 1.54) is 25.2 Å². The standard InChI is InChI=1S/C16H17ClN2O3S2/c1-18-24(21,22)11-6-7-13(17)12(10-11)16(20)19-8-2-4-14(19)15-5-3-9-23-15/h3,5-7,9-10,14,18H,2,4,8H2,1H3. The van der Waals surface area contributed by atoms with Crippen LogP contribution in [0, 0.1) is 0 Å². The molecule has 1 atom stereocenters. The molecule has 1 aromatic heterocycles. The van der Waals surface area contributed by atoms with Gasteiger partial charge in [-0.3, -0.25) is 4.79 Å². The Morgan fingerprint density at radius 1 is 1.38 bits per heavy atom. The van der Waals surface area contributed by atoms with E-state index in [0.29, 0.717) is 6.54 Å². The van der Waals surface area contributed by atoms with Crippen LogP contribution in [-0.2, 0) is 10.0 Å². The van der Waals surface area contributed by atoms with Gasteiger partial charge in [0.1, 0.15) is 0 Å². The molecule has 1 aliphatic rings. The molecular formula is C16H17ClN2O3S2. The van der Waals surface area contributed by atoms with Crippen LogP contribution in [0.1, 0.15) is 34.1 Å². The number of amides is 1. The van der Waals surface area contributed by atoms with Gasteiger partial charge in [-0.25, -0.2) is 13.1 Å². The summed E-state index contributed by atoms with van der Waals surface area (Å²) in [5.41, 5.74) is 0.219. The van der Waals surface area contributed by atoms with Crippen molar-refractivity contribution in [3.8, 4) is 0 Å². The lowest BCUT2D eigenvalue weighted by molar-refractivity contribution is 0.0738. The number of sulfonamides is 1. The zero-order chi connectivity index (χ0) is 17.3. The molecular weight excluding hydrogens is 368 g/mol. The molecule has 2 aromatic rings. The van der Waals surface area contributed by atoms with Crippen molar-refractivity contribution in [3.05, 3.63) is 51.2 Å². The predicted molar refractivity (Wildman–Crippen MR) is 95.0 cm³/mol. The summed E-state index contributed by atoms with van der Waals surface area (Å²) in [4.78, 5) is 15.9. The molecule has 1 aromatic carbocycles. The monoisotopic (exact) mass is 384 g/mol. The number of rotatable bonds is 4. The highest BCUT2D eigenvalue weighted by Crippen LogP contribution is 2.36. The maximum absolute atomic E-state index is 13.0. The zero-order valence-corrected chi connectivity index (χ0v) is 15.4. The van der Waals surface area contributed by atoms with Gasteiger partial charge >= 0.3 is 0 Å². The van der Waals surface area contributed by atoms with Crippen LogP contribution in [0.4, 0.5) is 0 Å². The van der Waals surface area contributed by atoms with Crippen molar-refractivity contribution in [2.75, 3.05) is 13.6 Å². The van der Waals surface area contributed by atoms with Crippen LogP contribution in [0.2, 0.25) is 5.02 Å². The summed E-state index contributed by atoms with van der Waals surface area (Å²) in [6.07, 6.45) is 1.82. The highest BCUT2D eigenvalue weighted by atomic mass is 35.5. The fraction of sp³-hybridized carbons (Fsp3) is 0.312. The number of likely N-dealkylation sites (tertiary alicyclic amines) is 1.